The zero-order chi connectivity index (χ0) is 17.3. The summed E-state index contributed by atoms with van der Waals surface area (Å²) in [5.74, 6) is -0.913. The highest BCUT2D eigenvalue weighted by atomic mass is 19.1. The Morgan fingerprint density at radius 3 is 2.88 bits per heavy atom. The SMILES string of the molecule is CC(C)n1cc([C@@]2(O)CCCN(C(=O)c3cncc(F)c3)C2)nn1. The predicted octanol–water partition coefficient (Wildman–Crippen LogP) is 1.52. The van der Waals surface area contributed by atoms with Gasteiger partial charge in [-0.15, -0.1) is 5.10 Å². The zero-order valence-electron chi connectivity index (χ0n) is 13.7. The number of β-amino-alcohol motifs (C(OH)–C–C–N with tert-alkyl or cyclic N) is 1. The van der Waals surface area contributed by atoms with Gasteiger partial charge < -0.3 is 10.0 Å². The van der Waals surface area contributed by atoms with Crippen LogP contribution in [0.15, 0.2) is 24.7 Å². The number of rotatable bonds is 3. The van der Waals surface area contributed by atoms with Gasteiger partial charge >= 0.3 is 0 Å². The number of pyridine rings is 1. The summed E-state index contributed by atoms with van der Waals surface area (Å²) in [6.45, 7) is 4.53. The van der Waals surface area contributed by atoms with Crippen LogP contribution >= 0.6 is 0 Å². The van der Waals surface area contributed by atoms with E-state index in [1.54, 1.807) is 10.9 Å². The summed E-state index contributed by atoms with van der Waals surface area (Å²) < 4.78 is 15.0. The Bertz CT molecular complexity index is 748. The number of nitrogens with zero attached hydrogens (tertiary/aromatic N) is 5. The van der Waals surface area contributed by atoms with Gasteiger partial charge in [0.1, 0.15) is 17.1 Å². The monoisotopic (exact) mass is 333 g/mol. The molecule has 1 atom stereocenters. The third kappa shape index (κ3) is 3.14. The van der Waals surface area contributed by atoms with Crippen molar-refractivity contribution >= 4 is 5.91 Å². The molecular weight excluding hydrogens is 313 g/mol. The molecule has 0 aliphatic carbocycles. The second kappa shape index (κ2) is 6.27. The lowest BCUT2D eigenvalue weighted by molar-refractivity contribution is -0.0320. The quantitative estimate of drug-likeness (QED) is 0.920. The van der Waals surface area contributed by atoms with E-state index in [1.165, 1.54) is 11.1 Å². The fourth-order valence-electron chi connectivity index (χ4n) is 2.87. The molecule has 7 nitrogen and oxygen atoms in total. The summed E-state index contributed by atoms with van der Waals surface area (Å²) in [5.41, 5.74) is -0.627. The number of amides is 1. The topological polar surface area (TPSA) is 84.1 Å². The number of likely N-dealkylation sites (tertiary alicyclic amines) is 1. The highest BCUT2D eigenvalue weighted by Gasteiger charge is 2.39. The van der Waals surface area contributed by atoms with Crippen molar-refractivity contribution in [3.05, 3.63) is 41.7 Å². The van der Waals surface area contributed by atoms with E-state index >= 15 is 0 Å². The van der Waals surface area contributed by atoms with E-state index in [0.717, 1.165) is 12.3 Å². The number of halogens is 1. The average molecular weight is 333 g/mol. The largest absolute Gasteiger partial charge is 0.382 e. The van der Waals surface area contributed by atoms with Crippen molar-refractivity contribution in [1.29, 1.82) is 0 Å². The Morgan fingerprint density at radius 1 is 1.42 bits per heavy atom. The maximum absolute atomic E-state index is 13.3. The van der Waals surface area contributed by atoms with Crippen molar-refractivity contribution in [2.45, 2.75) is 38.3 Å². The van der Waals surface area contributed by atoms with Crippen molar-refractivity contribution in [2.75, 3.05) is 13.1 Å². The van der Waals surface area contributed by atoms with Gasteiger partial charge in [-0.3, -0.25) is 9.78 Å². The number of aromatic nitrogens is 4. The first-order valence-electron chi connectivity index (χ1n) is 7.93. The van der Waals surface area contributed by atoms with Crippen molar-refractivity contribution in [3.8, 4) is 0 Å². The first kappa shape index (κ1) is 16.5. The minimum absolute atomic E-state index is 0.0964. The molecular formula is C16H20FN5O2. The lowest BCUT2D eigenvalue weighted by atomic mass is 9.89. The van der Waals surface area contributed by atoms with E-state index < -0.39 is 11.4 Å². The Morgan fingerprint density at radius 2 is 2.21 bits per heavy atom. The molecule has 0 radical (unpaired) electrons. The van der Waals surface area contributed by atoms with Gasteiger partial charge in [0.2, 0.25) is 0 Å². The van der Waals surface area contributed by atoms with Gasteiger partial charge in [-0.05, 0) is 32.8 Å². The molecule has 0 bridgehead atoms. The van der Waals surface area contributed by atoms with E-state index in [9.17, 15) is 14.3 Å². The minimum atomic E-state index is -1.25. The summed E-state index contributed by atoms with van der Waals surface area (Å²) >= 11 is 0. The number of hydrogen-bond donors (Lipinski definition) is 1. The molecule has 1 N–H and O–H groups in total. The average Bonchev–Trinajstić information content (AvgIpc) is 3.05. The van der Waals surface area contributed by atoms with Gasteiger partial charge in [0.05, 0.1) is 24.5 Å². The fraction of sp³-hybridized carbons (Fsp3) is 0.500. The Labute approximate surface area is 139 Å². The lowest BCUT2D eigenvalue weighted by Crippen LogP contribution is -2.48. The van der Waals surface area contributed by atoms with Crippen LogP contribution in [-0.2, 0) is 5.60 Å². The molecule has 128 valence electrons. The van der Waals surface area contributed by atoms with Gasteiger partial charge in [0, 0.05) is 18.8 Å². The Hall–Kier alpha value is -2.35. The third-order valence-corrected chi connectivity index (χ3v) is 4.23. The number of carbonyl (C=O) groups is 1. The van der Waals surface area contributed by atoms with E-state index in [2.05, 4.69) is 15.3 Å². The summed E-state index contributed by atoms with van der Waals surface area (Å²) in [7, 11) is 0. The van der Waals surface area contributed by atoms with Crippen molar-refractivity contribution < 1.29 is 14.3 Å². The van der Waals surface area contributed by atoms with E-state index in [0.29, 0.717) is 25.1 Å². The second-order valence-electron chi connectivity index (χ2n) is 6.43. The molecule has 0 aromatic carbocycles. The number of carbonyl (C=O) groups excluding carboxylic acids is 1. The van der Waals surface area contributed by atoms with Crippen LogP contribution in [0.4, 0.5) is 4.39 Å². The molecule has 24 heavy (non-hydrogen) atoms. The summed E-state index contributed by atoms with van der Waals surface area (Å²) in [4.78, 5) is 17.8. The van der Waals surface area contributed by atoms with Crippen LogP contribution < -0.4 is 0 Å². The van der Waals surface area contributed by atoms with Gasteiger partial charge in [-0.1, -0.05) is 5.21 Å². The molecule has 2 aromatic rings. The van der Waals surface area contributed by atoms with E-state index in [-0.39, 0.29) is 24.1 Å². The first-order chi connectivity index (χ1) is 11.4. The van der Waals surface area contributed by atoms with E-state index in [4.69, 9.17) is 0 Å². The Kier molecular flexibility index (Phi) is 4.31. The number of piperidine rings is 1. The van der Waals surface area contributed by atoms with Crippen LogP contribution in [0.3, 0.4) is 0 Å². The standard InChI is InChI=1S/C16H20FN5O2/c1-11(2)22-9-14(19-20-22)16(24)4-3-5-21(10-16)15(23)12-6-13(17)8-18-7-12/h6-9,11,24H,3-5,10H2,1-2H3/t16-/m1/s1. The lowest BCUT2D eigenvalue weighted by Gasteiger charge is -2.38. The first-order valence-corrected chi connectivity index (χ1v) is 7.93. The smallest absolute Gasteiger partial charge is 0.255 e. The second-order valence-corrected chi connectivity index (χ2v) is 6.43. The molecule has 1 saturated heterocycles. The third-order valence-electron chi connectivity index (χ3n) is 4.23. The van der Waals surface area contributed by atoms with Crippen LogP contribution in [0, 0.1) is 5.82 Å². The molecule has 1 amide bonds. The molecule has 1 fully saturated rings. The fourth-order valence-corrected chi connectivity index (χ4v) is 2.87. The maximum atomic E-state index is 13.3. The Balaban J connectivity index is 1.81. The molecule has 1 aliphatic rings. The summed E-state index contributed by atoms with van der Waals surface area (Å²) in [6, 6.07) is 1.28. The molecule has 0 unspecified atom stereocenters. The number of aliphatic hydroxyl groups is 1. The molecule has 0 saturated carbocycles. The van der Waals surface area contributed by atoms with Gasteiger partial charge in [0.15, 0.2) is 0 Å². The summed E-state index contributed by atoms with van der Waals surface area (Å²) in [5, 5.41) is 19.0. The minimum Gasteiger partial charge on any atom is -0.382 e. The van der Waals surface area contributed by atoms with Gasteiger partial charge in [0.25, 0.3) is 5.91 Å². The predicted molar refractivity (Wildman–Crippen MR) is 83.6 cm³/mol. The molecule has 8 heteroatoms. The van der Waals surface area contributed by atoms with Crippen molar-refractivity contribution in [3.63, 3.8) is 0 Å². The normalized spacial score (nSPS) is 21.3. The van der Waals surface area contributed by atoms with Crippen LogP contribution in [0.1, 0.15) is 48.8 Å². The van der Waals surface area contributed by atoms with Crippen LogP contribution in [0.2, 0.25) is 0 Å². The van der Waals surface area contributed by atoms with Gasteiger partial charge in [-0.25, -0.2) is 9.07 Å². The van der Waals surface area contributed by atoms with Crippen LogP contribution in [0.25, 0.3) is 0 Å². The summed E-state index contributed by atoms with van der Waals surface area (Å²) in [6.07, 6.45) is 5.21. The van der Waals surface area contributed by atoms with Crippen LogP contribution in [0.5, 0.6) is 0 Å². The number of hydrogen-bond acceptors (Lipinski definition) is 5. The van der Waals surface area contributed by atoms with Crippen molar-refractivity contribution in [2.24, 2.45) is 0 Å². The van der Waals surface area contributed by atoms with Crippen molar-refractivity contribution in [1.82, 2.24) is 24.9 Å². The molecule has 3 heterocycles. The van der Waals surface area contributed by atoms with E-state index in [1.807, 2.05) is 13.8 Å². The molecule has 2 aromatic heterocycles. The highest BCUT2D eigenvalue weighted by molar-refractivity contribution is 5.94. The maximum Gasteiger partial charge on any atom is 0.255 e. The molecule has 3 rings (SSSR count). The molecule has 0 spiro atoms. The van der Waals surface area contributed by atoms with Gasteiger partial charge in [-0.2, -0.15) is 0 Å². The zero-order valence-corrected chi connectivity index (χ0v) is 13.7. The highest BCUT2D eigenvalue weighted by Crippen LogP contribution is 2.31. The van der Waals surface area contributed by atoms with Crippen LogP contribution in [-0.4, -0.2) is 49.0 Å². The molecule has 1 aliphatic heterocycles.